The summed E-state index contributed by atoms with van der Waals surface area (Å²) in [5.41, 5.74) is 6.61. The normalized spacial score (nSPS) is 10.1. The minimum Gasteiger partial charge on any atom is -0.436 e. The van der Waals surface area contributed by atoms with Crippen LogP contribution in [-0.2, 0) is 0 Å². The van der Waals surface area contributed by atoms with Gasteiger partial charge in [-0.3, -0.25) is 14.8 Å². The van der Waals surface area contributed by atoms with Gasteiger partial charge in [0.2, 0.25) is 5.88 Å². The Balaban J connectivity index is 1.74. The highest BCUT2D eigenvalue weighted by molar-refractivity contribution is 6.04. The molecule has 2 heterocycles. The Morgan fingerprint density at radius 2 is 2.00 bits per heavy atom. The predicted molar refractivity (Wildman–Crippen MR) is 85.2 cm³/mol. The molecule has 0 unspecified atom stereocenters. The van der Waals surface area contributed by atoms with E-state index in [0.29, 0.717) is 17.0 Å². The second-order valence-corrected chi connectivity index (χ2v) is 4.61. The molecular formula is C16H13N5O2. The molecular weight excluding hydrogens is 294 g/mol. The van der Waals surface area contributed by atoms with Crippen molar-refractivity contribution in [3.05, 3.63) is 66.7 Å². The summed E-state index contributed by atoms with van der Waals surface area (Å²) in [4.78, 5) is 24.3. The van der Waals surface area contributed by atoms with Crippen LogP contribution in [0.3, 0.4) is 0 Å². The number of anilines is 2. The van der Waals surface area contributed by atoms with Crippen LogP contribution in [0.5, 0.6) is 11.6 Å². The van der Waals surface area contributed by atoms with Gasteiger partial charge in [-0.05, 0) is 30.3 Å². The molecule has 0 aliphatic carbocycles. The fourth-order valence-electron chi connectivity index (χ4n) is 1.85. The highest BCUT2D eigenvalue weighted by Gasteiger charge is 2.08. The van der Waals surface area contributed by atoms with E-state index in [1.54, 1.807) is 48.8 Å². The van der Waals surface area contributed by atoms with Crippen molar-refractivity contribution < 1.29 is 9.53 Å². The third-order valence-electron chi connectivity index (χ3n) is 2.86. The molecule has 0 fully saturated rings. The number of pyridine rings is 1. The predicted octanol–water partition coefficient (Wildman–Crippen LogP) is 2.50. The molecule has 3 rings (SSSR count). The van der Waals surface area contributed by atoms with Gasteiger partial charge in [0.1, 0.15) is 5.75 Å². The maximum absolute atomic E-state index is 12.2. The number of nitrogens with two attached hydrogens (primary N) is 1. The SMILES string of the molecule is Nc1cccc(C(=O)Nc2cncc(Oc3cccnc3)n2)c1. The number of hydrogen-bond acceptors (Lipinski definition) is 6. The van der Waals surface area contributed by atoms with Gasteiger partial charge in [0, 0.05) is 17.4 Å². The van der Waals surface area contributed by atoms with Crippen molar-refractivity contribution in [3.63, 3.8) is 0 Å². The summed E-state index contributed by atoms with van der Waals surface area (Å²) in [5.74, 6) is 0.730. The number of amides is 1. The summed E-state index contributed by atoms with van der Waals surface area (Å²) < 4.78 is 5.52. The molecule has 114 valence electrons. The molecule has 1 amide bonds. The van der Waals surface area contributed by atoms with E-state index in [0.717, 1.165) is 0 Å². The van der Waals surface area contributed by atoms with E-state index < -0.39 is 0 Å². The second kappa shape index (κ2) is 6.52. The quantitative estimate of drug-likeness (QED) is 0.718. The van der Waals surface area contributed by atoms with Crippen LogP contribution in [0.4, 0.5) is 11.5 Å². The zero-order valence-corrected chi connectivity index (χ0v) is 12.0. The molecule has 23 heavy (non-hydrogen) atoms. The third-order valence-corrected chi connectivity index (χ3v) is 2.86. The minimum absolute atomic E-state index is 0.253. The van der Waals surface area contributed by atoms with Crippen LogP contribution in [0.2, 0.25) is 0 Å². The number of aromatic nitrogens is 3. The monoisotopic (exact) mass is 307 g/mol. The van der Waals surface area contributed by atoms with Gasteiger partial charge < -0.3 is 15.8 Å². The van der Waals surface area contributed by atoms with Crippen LogP contribution in [0.1, 0.15) is 10.4 Å². The van der Waals surface area contributed by atoms with E-state index in [4.69, 9.17) is 10.5 Å². The van der Waals surface area contributed by atoms with Crippen molar-refractivity contribution in [2.75, 3.05) is 11.1 Å². The first kappa shape index (κ1) is 14.5. The molecule has 0 atom stereocenters. The summed E-state index contributed by atoms with van der Waals surface area (Å²) >= 11 is 0. The number of hydrogen-bond donors (Lipinski definition) is 2. The van der Waals surface area contributed by atoms with Crippen LogP contribution >= 0.6 is 0 Å². The molecule has 7 nitrogen and oxygen atoms in total. The molecule has 3 aromatic rings. The van der Waals surface area contributed by atoms with E-state index in [1.165, 1.54) is 12.4 Å². The molecule has 0 aliphatic rings. The lowest BCUT2D eigenvalue weighted by Gasteiger charge is -2.07. The maximum Gasteiger partial charge on any atom is 0.256 e. The Bertz CT molecular complexity index is 823. The zero-order chi connectivity index (χ0) is 16.1. The topological polar surface area (TPSA) is 103 Å². The standard InChI is InChI=1S/C16H13N5O2/c17-12-4-1-3-11(7-12)16(22)21-14-9-19-10-15(20-14)23-13-5-2-6-18-8-13/h1-10H,17H2,(H,20,21,22). The van der Waals surface area contributed by atoms with Crippen molar-refractivity contribution in [1.29, 1.82) is 0 Å². The lowest BCUT2D eigenvalue weighted by atomic mass is 10.2. The smallest absolute Gasteiger partial charge is 0.256 e. The average Bonchev–Trinajstić information content (AvgIpc) is 2.56. The van der Waals surface area contributed by atoms with Crippen LogP contribution < -0.4 is 15.8 Å². The van der Waals surface area contributed by atoms with Crippen molar-refractivity contribution in [2.45, 2.75) is 0 Å². The number of nitrogens with zero attached hydrogens (tertiary/aromatic N) is 3. The van der Waals surface area contributed by atoms with E-state index in [9.17, 15) is 4.79 Å². The van der Waals surface area contributed by atoms with Crippen molar-refractivity contribution in [3.8, 4) is 11.6 Å². The van der Waals surface area contributed by atoms with Gasteiger partial charge in [0.05, 0.1) is 18.6 Å². The minimum atomic E-state index is -0.329. The number of carbonyl (C=O) groups excluding carboxylic acids is 1. The van der Waals surface area contributed by atoms with Crippen LogP contribution in [0, 0.1) is 0 Å². The number of benzene rings is 1. The van der Waals surface area contributed by atoms with Crippen LogP contribution in [0.15, 0.2) is 61.2 Å². The highest BCUT2D eigenvalue weighted by Crippen LogP contribution is 2.18. The molecule has 0 bridgehead atoms. The Morgan fingerprint density at radius 3 is 2.78 bits per heavy atom. The molecule has 0 radical (unpaired) electrons. The van der Waals surface area contributed by atoms with Crippen molar-refractivity contribution in [2.24, 2.45) is 0 Å². The first-order chi connectivity index (χ1) is 11.2. The summed E-state index contributed by atoms with van der Waals surface area (Å²) in [6.45, 7) is 0. The summed E-state index contributed by atoms with van der Waals surface area (Å²) in [5, 5.41) is 2.65. The maximum atomic E-state index is 12.2. The van der Waals surface area contributed by atoms with E-state index in [-0.39, 0.29) is 17.6 Å². The number of ether oxygens (including phenoxy) is 1. The van der Waals surface area contributed by atoms with Gasteiger partial charge in [0.15, 0.2) is 5.82 Å². The fourth-order valence-corrected chi connectivity index (χ4v) is 1.85. The van der Waals surface area contributed by atoms with Gasteiger partial charge in [-0.1, -0.05) is 6.07 Å². The van der Waals surface area contributed by atoms with Crippen LogP contribution in [0.25, 0.3) is 0 Å². The van der Waals surface area contributed by atoms with Crippen molar-refractivity contribution >= 4 is 17.4 Å². The Labute approximate surface area is 132 Å². The first-order valence-corrected chi connectivity index (χ1v) is 6.77. The highest BCUT2D eigenvalue weighted by atomic mass is 16.5. The molecule has 1 aromatic carbocycles. The number of rotatable bonds is 4. The lowest BCUT2D eigenvalue weighted by molar-refractivity contribution is 0.102. The van der Waals surface area contributed by atoms with Crippen LogP contribution in [-0.4, -0.2) is 20.9 Å². The second-order valence-electron chi connectivity index (χ2n) is 4.61. The fraction of sp³-hybridized carbons (Fsp3) is 0. The molecule has 7 heteroatoms. The Kier molecular flexibility index (Phi) is 4.10. The van der Waals surface area contributed by atoms with Gasteiger partial charge in [-0.25, -0.2) is 0 Å². The number of nitrogen functional groups attached to an aromatic ring is 1. The molecule has 3 N–H and O–H groups in total. The van der Waals surface area contributed by atoms with E-state index in [1.807, 2.05) is 0 Å². The lowest BCUT2D eigenvalue weighted by Crippen LogP contribution is -2.13. The molecule has 0 spiro atoms. The Morgan fingerprint density at radius 1 is 1.09 bits per heavy atom. The molecule has 0 saturated heterocycles. The Hall–Kier alpha value is -3.48. The van der Waals surface area contributed by atoms with Gasteiger partial charge >= 0.3 is 0 Å². The van der Waals surface area contributed by atoms with Gasteiger partial charge in [0.25, 0.3) is 5.91 Å². The molecule has 0 aliphatic heterocycles. The average molecular weight is 307 g/mol. The van der Waals surface area contributed by atoms with Gasteiger partial charge in [-0.2, -0.15) is 4.98 Å². The molecule has 0 saturated carbocycles. The third kappa shape index (κ3) is 3.79. The summed E-state index contributed by atoms with van der Waals surface area (Å²) in [7, 11) is 0. The van der Waals surface area contributed by atoms with Crippen molar-refractivity contribution in [1.82, 2.24) is 15.0 Å². The number of nitrogens with one attached hydrogen (secondary N) is 1. The first-order valence-electron chi connectivity index (χ1n) is 6.77. The van der Waals surface area contributed by atoms with E-state index >= 15 is 0 Å². The summed E-state index contributed by atoms with van der Waals surface area (Å²) in [6, 6.07) is 10.1. The van der Waals surface area contributed by atoms with Gasteiger partial charge in [-0.15, -0.1) is 0 Å². The zero-order valence-electron chi connectivity index (χ0n) is 12.0. The largest absolute Gasteiger partial charge is 0.436 e. The molecule has 2 aromatic heterocycles. The number of carbonyl (C=O) groups is 1. The summed E-state index contributed by atoms with van der Waals surface area (Å²) in [6.07, 6.45) is 6.07. The van der Waals surface area contributed by atoms with E-state index in [2.05, 4.69) is 20.3 Å².